The molecule has 4 nitrogen and oxygen atoms in total. The molecule has 2 fully saturated rings. The molecule has 1 unspecified atom stereocenters. The Morgan fingerprint density at radius 1 is 0.721 bits per heavy atom. The van der Waals surface area contributed by atoms with Crippen molar-refractivity contribution in [3.8, 4) is 0 Å². The van der Waals surface area contributed by atoms with Crippen LogP contribution >= 0.6 is 15.9 Å². The quantitative estimate of drug-likeness (QED) is 0.279. The fourth-order valence-corrected chi connectivity index (χ4v) is 6.87. The van der Waals surface area contributed by atoms with Crippen LogP contribution in [0.3, 0.4) is 0 Å². The van der Waals surface area contributed by atoms with Crippen molar-refractivity contribution in [2.45, 2.75) is 108 Å². The Balaban J connectivity index is 0.000000255. The summed E-state index contributed by atoms with van der Waals surface area (Å²) in [6, 6.07) is 20.5. The number of alkyl halides is 1. The number of rotatable bonds is 7. The molecule has 0 spiro atoms. The lowest BCUT2D eigenvalue weighted by Gasteiger charge is -2.27. The van der Waals surface area contributed by atoms with Gasteiger partial charge in [0.25, 0.3) is 0 Å². The van der Waals surface area contributed by atoms with Crippen LogP contribution in [0.15, 0.2) is 60.7 Å². The van der Waals surface area contributed by atoms with Gasteiger partial charge in [0.15, 0.2) is 0 Å². The fraction of sp³-hybridized carbons (Fsp3) is 0.632. The van der Waals surface area contributed by atoms with Crippen molar-refractivity contribution in [3.63, 3.8) is 0 Å². The van der Waals surface area contributed by atoms with E-state index < -0.39 is 0 Å². The Morgan fingerprint density at radius 2 is 1.19 bits per heavy atom. The number of carbonyl (C=O) groups excluding carboxylic acids is 2. The van der Waals surface area contributed by atoms with E-state index >= 15 is 0 Å². The van der Waals surface area contributed by atoms with Crippen molar-refractivity contribution < 1.29 is 9.59 Å². The average Bonchev–Trinajstić information content (AvgIpc) is 3.26. The minimum atomic E-state index is 0.0805. The highest BCUT2D eigenvalue weighted by molar-refractivity contribution is 9.09. The van der Waals surface area contributed by atoms with Crippen molar-refractivity contribution >= 4 is 27.7 Å². The minimum absolute atomic E-state index is 0.0805. The van der Waals surface area contributed by atoms with Crippen LogP contribution in [-0.2, 0) is 22.7 Å². The van der Waals surface area contributed by atoms with E-state index in [1.54, 1.807) is 0 Å². The first kappa shape index (κ1) is 37.0. The normalized spacial score (nSPS) is 19.5. The van der Waals surface area contributed by atoms with Crippen molar-refractivity contribution in [2.75, 3.05) is 18.4 Å². The molecule has 2 aliphatic rings. The second-order valence-corrected chi connectivity index (χ2v) is 17.2. The second-order valence-electron chi connectivity index (χ2n) is 16.4. The van der Waals surface area contributed by atoms with E-state index in [-0.39, 0.29) is 22.7 Å². The lowest BCUT2D eigenvalue weighted by Crippen LogP contribution is -2.27. The first-order chi connectivity index (χ1) is 19.8. The summed E-state index contributed by atoms with van der Waals surface area (Å²) in [5.41, 5.74) is 3.46. The molecule has 0 aliphatic carbocycles. The predicted molar refractivity (Wildman–Crippen MR) is 186 cm³/mol. The third-order valence-corrected chi connectivity index (χ3v) is 8.61. The monoisotopic (exact) mass is 654 g/mol. The molecular weight excluding hydrogens is 596 g/mol. The number of hydrogen-bond acceptors (Lipinski definition) is 2. The summed E-state index contributed by atoms with van der Waals surface area (Å²) in [5, 5.41) is 1.12. The van der Waals surface area contributed by atoms with Gasteiger partial charge in [0.1, 0.15) is 0 Å². The maximum Gasteiger partial charge on any atom is 0.226 e. The molecule has 0 aromatic heterocycles. The third-order valence-electron chi connectivity index (χ3n) is 8.21. The molecule has 2 aliphatic heterocycles. The van der Waals surface area contributed by atoms with E-state index in [0.717, 1.165) is 44.4 Å². The van der Waals surface area contributed by atoms with Crippen molar-refractivity contribution in [2.24, 2.45) is 27.6 Å². The molecule has 0 saturated carbocycles. The summed E-state index contributed by atoms with van der Waals surface area (Å²) >= 11 is 3.39. The van der Waals surface area contributed by atoms with Crippen molar-refractivity contribution in [1.29, 1.82) is 0 Å². The molecule has 0 radical (unpaired) electrons. The summed E-state index contributed by atoms with van der Waals surface area (Å²) < 4.78 is 0. The van der Waals surface area contributed by atoms with Crippen LogP contribution in [0, 0.1) is 27.6 Å². The number of nitrogens with zero attached hydrogens (tertiary/aromatic N) is 2. The summed E-state index contributed by atoms with van der Waals surface area (Å²) in [5.74, 6) is 0.789. The van der Waals surface area contributed by atoms with Gasteiger partial charge in [0.2, 0.25) is 11.8 Å². The van der Waals surface area contributed by atoms with Crippen LogP contribution in [0.4, 0.5) is 0 Å². The number of carbonyl (C=O) groups is 2. The van der Waals surface area contributed by atoms with Gasteiger partial charge >= 0.3 is 0 Å². The molecule has 2 aromatic rings. The molecule has 1 atom stereocenters. The first-order valence-corrected chi connectivity index (χ1v) is 17.1. The molecular formula is C38H59BrN2O2. The molecule has 0 N–H and O–H groups in total. The summed E-state index contributed by atoms with van der Waals surface area (Å²) in [7, 11) is 0. The van der Waals surface area contributed by atoms with Crippen LogP contribution in [0.25, 0.3) is 0 Å². The predicted octanol–water partition coefficient (Wildman–Crippen LogP) is 9.76. The number of benzene rings is 2. The Kier molecular flexibility index (Phi) is 13.6. The van der Waals surface area contributed by atoms with Gasteiger partial charge in [-0.2, -0.15) is 0 Å². The number of hydrogen-bond donors (Lipinski definition) is 0. The molecule has 0 bridgehead atoms. The molecule has 4 rings (SSSR count). The van der Waals surface area contributed by atoms with E-state index in [0.29, 0.717) is 23.2 Å². The SMILES string of the molecule is CC(C)(C)CCBr.CC(C)(C)CCC1C(=O)N(Cc2ccccc2)CC1(C)C.CC1(C)CC(=O)N(Cc2ccccc2)C1. The van der Waals surface area contributed by atoms with Crippen LogP contribution < -0.4 is 0 Å². The Labute approximate surface area is 272 Å². The minimum Gasteiger partial charge on any atom is -0.338 e. The van der Waals surface area contributed by atoms with E-state index in [9.17, 15) is 9.59 Å². The molecule has 2 amide bonds. The van der Waals surface area contributed by atoms with E-state index in [4.69, 9.17) is 0 Å². The van der Waals surface area contributed by atoms with Gasteiger partial charge in [-0.05, 0) is 52.0 Å². The van der Waals surface area contributed by atoms with E-state index in [2.05, 4.69) is 109 Å². The summed E-state index contributed by atoms with van der Waals surface area (Å²) in [4.78, 5) is 28.5. The van der Waals surface area contributed by atoms with Crippen LogP contribution in [-0.4, -0.2) is 40.0 Å². The first-order valence-electron chi connectivity index (χ1n) is 16.0. The molecule has 2 saturated heterocycles. The van der Waals surface area contributed by atoms with Crippen LogP contribution in [0.5, 0.6) is 0 Å². The zero-order valence-corrected chi connectivity index (χ0v) is 30.4. The van der Waals surface area contributed by atoms with Gasteiger partial charge in [0.05, 0.1) is 0 Å². The molecule has 240 valence electrons. The highest BCUT2D eigenvalue weighted by atomic mass is 79.9. The number of halogens is 1. The van der Waals surface area contributed by atoms with E-state index in [1.807, 2.05) is 46.2 Å². The van der Waals surface area contributed by atoms with E-state index in [1.165, 1.54) is 17.5 Å². The molecule has 5 heteroatoms. The maximum absolute atomic E-state index is 12.8. The third kappa shape index (κ3) is 13.6. The van der Waals surface area contributed by atoms with Gasteiger partial charge in [0, 0.05) is 43.8 Å². The highest BCUT2D eigenvalue weighted by Crippen LogP contribution is 2.41. The average molecular weight is 656 g/mol. The zero-order valence-electron chi connectivity index (χ0n) is 28.8. The summed E-state index contributed by atoms with van der Waals surface area (Å²) in [6.07, 6.45) is 4.04. The maximum atomic E-state index is 12.8. The Hall–Kier alpha value is -2.14. The zero-order chi connectivity index (χ0) is 32.5. The standard InChI is InChI=1S/C19H29NO.C13H17NO.C6H13Br/c1-18(2,3)12-11-16-17(21)20(14-19(16,4)5)13-15-9-7-6-8-10-15;1-13(2)8-12(15)14(10-13)9-11-6-4-3-5-7-11;1-6(2,3)4-5-7/h6-10,16H,11-14H2,1-5H3;3-7H,8-10H2,1-2H3;4-5H2,1-3H3. The van der Waals surface area contributed by atoms with Gasteiger partial charge < -0.3 is 9.80 Å². The van der Waals surface area contributed by atoms with Crippen molar-refractivity contribution in [1.82, 2.24) is 9.80 Å². The Morgan fingerprint density at radius 3 is 1.56 bits per heavy atom. The summed E-state index contributed by atoms with van der Waals surface area (Å²) in [6.45, 7) is 25.5. The largest absolute Gasteiger partial charge is 0.338 e. The van der Waals surface area contributed by atoms with Gasteiger partial charge in [-0.1, -0.05) is 146 Å². The molecule has 2 heterocycles. The molecule has 2 aromatic carbocycles. The van der Waals surface area contributed by atoms with Gasteiger partial charge in [-0.15, -0.1) is 0 Å². The van der Waals surface area contributed by atoms with Gasteiger partial charge in [-0.3, -0.25) is 9.59 Å². The Bertz CT molecular complexity index is 1130. The number of amides is 2. The second kappa shape index (κ2) is 15.7. The fourth-order valence-electron chi connectivity index (χ4n) is 5.68. The lowest BCUT2D eigenvalue weighted by atomic mass is 9.76. The molecule has 43 heavy (non-hydrogen) atoms. The topological polar surface area (TPSA) is 40.6 Å². The lowest BCUT2D eigenvalue weighted by molar-refractivity contribution is -0.132. The van der Waals surface area contributed by atoms with Gasteiger partial charge in [-0.25, -0.2) is 0 Å². The highest BCUT2D eigenvalue weighted by Gasteiger charge is 2.45. The van der Waals surface area contributed by atoms with Crippen LogP contribution in [0.1, 0.15) is 106 Å². The van der Waals surface area contributed by atoms with Crippen LogP contribution in [0.2, 0.25) is 0 Å². The number of likely N-dealkylation sites (tertiary alicyclic amines) is 2. The van der Waals surface area contributed by atoms with Crippen molar-refractivity contribution in [3.05, 3.63) is 71.8 Å². The smallest absolute Gasteiger partial charge is 0.226 e.